The Hall–Kier alpha value is -1.10. The Balaban J connectivity index is 2.11. The minimum atomic E-state index is -0.390. The van der Waals surface area contributed by atoms with Crippen molar-refractivity contribution in [3.05, 3.63) is 49.9 Å². The number of carbonyl (C=O) groups excluding carboxylic acids is 1. The number of aromatic nitrogens is 1. The van der Waals surface area contributed by atoms with Crippen molar-refractivity contribution in [1.82, 2.24) is 4.98 Å². The molecular weight excluding hydrogens is 305 g/mol. The molecular formula is C13H11Cl2NO2S. The average molecular weight is 316 g/mol. The van der Waals surface area contributed by atoms with Gasteiger partial charge in [-0.25, -0.2) is 9.78 Å². The molecule has 0 bridgehead atoms. The van der Waals surface area contributed by atoms with Crippen molar-refractivity contribution in [3.8, 4) is 0 Å². The summed E-state index contributed by atoms with van der Waals surface area (Å²) in [6.07, 6.45) is 0.612. The highest BCUT2D eigenvalue weighted by Gasteiger charge is 2.12. The Bertz CT molecular complexity index is 598. The summed E-state index contributed by atoms with van der Waals surface area (Å²) >= 11 is 13.2. The number of rotatable bonds is 4. The summed E-state index contributed by atoms with van der Waals surface area (Å²) in [6.45, 7) is 2.11. The maximum atomic E-state index is 11.5. The van der Waals surface area contributed by atoms with Crippen LogP contribution >= 0.6 is 34.5 Å². The zero-order chi connectivity index (χ0) is 13.8. The molecule has 0 radical (unpaired) electrons. The molecule has 0 aliphatic carbocycles. The molecule has 3 nitrogen and oxygen atoms in total. The van der Waals surface area contributed by atoms with Crippen LogP contribution in [-0.2, 0) is 11.2 Å². The van der Waals surface area contributed by atoms with Gasteiger partial charge in [0.1, 0.15) is 0 Å². The van der Waals surface area contributed by atoms with Crippen LogP contribution in [0.15, 0.2) is 23.6 Å². The molecule has 1 aromatic heterocycles. The van der Waals surface area contributed by atoms with E-state index in [-0.39, 0.29) is 5.97 Å². The number of esters is 1. The lowest BCUT2D eigenvalue weighted by Gasteiger charge is -2.00. The van der Waals surface area contributed by atoms with Crippen molar-refractivity contribution >= 4 is 40.5 Å². The molecule has 0 atom stereocenters. The first kappa shape index (κ1) is 14.3. The molecule has 2 rings (SSSR count). The van der Waals surface area contributed by atoms with E-state index in [1.165, 1.54) is 11.3 Å². The zero-order valence-corrected chi connectivity index (χ0v) is 12.5. The monoisotopic (exact) mass is 315 g/mol. The predicted octanol–water partition coefficient (Wildman–Crippen LogP) is 4.22. The Morgan fingerprint density at radius 2 is 2.16 bits per heavy atom. The molecule has 1 heterocycles. The van der Waals surface area contributed by atoms with Crippen molar-refractivity contribution in [3.63, 3.8) is 0 Å². The van der Waals surface area contributed by atoms with Gasteiger partial charge in [-0.15, -0.1) is 11.3 Å². The second kappa shape index (κ2) is 6.37. The van der Waals surface area contributed by atoms with Gasteiger partial charge in [0.05, 0.1) is 21.7 Å². The third-order valence-corrected chi connectivity index (χ3v) is 3.96. The van der Waals surface area contributed by atoms with Gasteiger partial charge in [0, 0.05) is 11.8 Å². The molecule has 0 saturated heterocycles. The van der Waals surface area contributed by atoms with Gasteiger partial charge in [0.25, 0.3) is 0 Å². The normalized spacial score (nSPS) is 10.5. The second-order valence-electron chi connectivity index (χ2n) is 3.77. The van der Waals surface area contributed by atoms with Crippen LogP contribution in [0.3, 0.4) is 0 Å². The first-order valence-corrected chi connectivity index (χ1v) is 7.29. The van der Waals surface area contributed by atoms with E-state index in [0.29, 0.717) is 28.8 Å². The third-order valence-electron chi connectivity index (χ3n) is 2.38. The van der Waals surface area contributed by atoms with Crippen LogP contribution in [0, 0.1) is 0 Å². The second-order valence-corrected chi connectivity index (χ2v) is 5.53. The molecule has 100 valence electrons. The topological polar surface area (TPSA) is 39.2 Å². The van der Waals surface area contributed by atoms with E-state index in [1.54, 1.807) is 24.4 Å². The number of thiazole rings is 1. The number of carbonyl (C=O) groups is 1. The molecule has 0 amide bonds. The van der Waals surface area contributed by atoms with Gasteiger partial charge in [-0.2, -0.15) is 0 Å². The fraction of sp³-hybridized carbons (Fsp3) is 0.231. The summed E-state index contributed by atoms with van der Waals surface area (Å²) < 4.78 is 4.89. The van der Waals surface area contributed by atoms with E-state index >= 15 is 0 Å². The average Bonchev–Trinajstić information content (AvgIpc) is 2.83. The van der Waals surface area contributed by atoms with Gasteiger partial charge in [-0.05, 0) is 24.6 Å². The van der Waals surface area contributed by atoms with Crippen LogP contribution in [0.4, 0.5) is 0 Å². The lowest BCUT2D eigenvalue weighted by atomic mass is 10.2. The summed E-state index contributed by atoms with van der Waals surface area (Å²) in [7, 11) is 0. The zero-order valence-electron chi connectivity index (χ0n) is 10.2. The van der Waals surface area contributed by atoms with Crippen LogP contribution in [0.5, 0.6) is 0 Å². The third kappa shape index (κ3) is 3.69. The van der Waals surface area contributed by atoms with Gasteiger partial charge < -0.3 is 4.74 Å². The number of hydrogen-bond donors (Lipinski definition) is 0. The maximum Gasteiger partial charge on any atom is 0.357 e. The van der Waals surface area contributed by atoms with E-state index in [9.17, 15) is 4.79 Å². The maximum absolute atomic E-state index is 11.5. The highest BCUT2D eigenvalue weighted by molar-refractivity contribution is 7.09. The number of ether oxygens (including phenoxy) is 1. The van der Waals surface area contributed by atoms with Gasteiger partial charge in [0.15, 0.2) is 5.69 Å². The summed E-state index contributed by atoms with van der Waals surface area (Å²) in [5, 5.41) is 3.57. The fourth-order valence-corrected chi connectivity index (χ4v) is 2.63. The van der Waals surface area contributed by atoms with Crippen LogP contribution in [0.25, 0.3) is 0 Å². The molecule has 0 fully saturated rings. The molecule has 0 saturated carbocycles. The largest absolute Gasteiger partial charge is 0.461 e. The minimum Gasteiger partial charge on any atom is -0.461 e. The number of halogens is 2. The van der Waals surface area contributed by atoms with Gasteiger partial charge in [-0.3, -0.25) is 0 Å². The highest BCUT2D eigenvalue weighted by atomic mass is 35.5. The Kier molecular flexibility index (Phi) is 4.80. The Labute approximate surface area is 125 Å². The van der Waals surface area contributed by atoms with E-state index in [0.717, 1.165) is 10.6 Å². The molecule has 6 heteroatoms. The SMILES string of the molecule is CCOC(=O)c1csc(Cc2ccc(Cl)c(Cl)c2)n1. The van der Waals surface area contributed by atoms with Crippen LogP contribution < -0.4 is 0 Å². The van der Waals surface area contributed by atoms with Gasteiger partial charge in [0.2, 0.25) is 0 Å². The summed E-state index contributed by atoms with van der Waals surface area (Å²) in [5.74, 6) is -0.390. The molecule has 0 N–H and O–H groups in total. The van der Waals surface area contributed by atoms with Crippen LogP contribution in [0.1, 0.15) is 28.0 Å². The predicted molar refractivity (Wildman–Crippen MR) is 77.3 cm³/mol. The van der Waals surface area contributed by atoms with Crippen molar-refractivity contribution in [2.24, 2.45) is 0 Å². The lowest BCUT2D eigenvalue weighted by Crippen LogP contribution is -2.05. The molecule has 1 aromatic carbocycles. The Morgan fingerprint density at radius 3 is 2.84 bits per heavy atom. The first-order chi connectivity index (χ1) is 9.10. The van der Waals surface area contributed by atoms with E-state index in [2.05, 4.69) is 4.98 Å². The van der Waals surface area contributed by atoms with Crippen molar-refractivity contribution in [2.75, 3.05) is 6.61 Å². The molecule has 2 aromatic rings. The Morgan fingerprint density at radius 1 is 1.37 bits per heavy atom. The summed E-state index contributed by atoms with van der Waals surface area (Å²) in [6, 6.07) is 5.44. The lowest BCUT2D eigenvalue weighted by molar-refractivity contribution is 0.0520. The van der Waals surface area contributed by atoms with E-state index in [1.807, 2.05) is 6.07 Å². The number of hydrogen-bond acceptors (Lipinski definition) is 4. The number of benzene rings is 1. The van der Waals surface area contributed by atoms with Gasteiger partial charge >= 0.3 is 5.97 Å². The molecule has 0 unspecified atom stereocenters. The smallest absolute Gasteiger partial charge is 0.357 e. The standard InChI is InChI=1S/C13H11Cl2NO2S/c1-2-18-13(17)11-7-19-12(16-11)6-8-3-4-9(14)10(15)5-8/h3-5,7H,2,6H2,1H3. The van der Waals surface area contributed by atoms with Crippen molar-refractivity contribution in [1.29, 1.82) is 0 Å². The van der Waals surface area contributed by atoms with E-state index < -0.39 is 0 Å². The van der Waals surface area contributed by atoms with Gasteiger partial charge in [-0.1, -0.05) is 29.3 Å². The molecule has 0 aliphatic rings. The molecule has 19 heavy (non-hydrogen) atoms. The minimum absolute atomic E-state index is 0.346. The molecule has 0 spiro atoms. The number of nitrogens with zero attached hydrogens (tertiary/aromatic N) is 1. The van der Waals surface area contributed by atoms with E-state index in [4.69, 9.17) is 27.9 Å². The van der Waals surface area contributed by atoms with Crippen LogP contribution in [-0.4, -0.2) is 17.6 Å². The first-order valence-electron chi connectivity index (χ1n) is 5.65. The van der Waals surface area contributed by atoms with Crippen molar-refractivity contribution in [2.45, 2.75) is 13.3 Å². The summed E-state index contributed by atoms with van der Waals surface area (Å²) in [4.78, 5) is 15.7. The fourth-order valence-electron chi connectivity index (χ4n) is 1.52. The quantitative estimate of drug-likeness (QED) is 0.793. The summed E-state index contributed by atoms with van der Waals surface area (Å²) in [5.41, 5.74) is 1.35. The van der Waals surface area contributed by atoms with Crippen molar-refractivity contribution < 1.29 is 9.53 Å². The highest BCUT2D eigenvalue weighted by Crippen LogP contribution is 2.24. The van der Waals surface area contributed by atoms with Crippen LogP contribution in [0.2, 0.25) is 10.0 Å². The molecule has 0 aliphatic heterocycles.